The number of carbonyl (C=O) groups excluding carboxylic acids is 2. The van der Waals surface area contributed by atoms with Gasteiger partial charge >= 0.3 is 19.8 Å². The van der Waals surface area contributed by atoms with Crippen molar-refractivity contribution in [2.45, 2.75) is 251 Å². The SMILES string of the molecule is CC/C=C\C/C=C\C/C=C\C/C=C\C/C=C\C/C=C\CCCCCCCCCCCCCCCCC(=O)OC(COC(=O)CCCCCCCCC/C=C\C/C=C\C/C=C\C/C=C\C/C=C\CC)COP(=O)(O)OCCN. The molecule has 0 spiro atoms. The Labute approximate surface area is 472 Å². The van der Waals surface area contributed by atoms with Crippen molar-refractivity contribution < 1.29 is 37.6 Å². The second-order valence-electron chi connectivity index (χ2n) is 19.8. The first-order chi connectivity index (χ1) is 37.8. The number of rotatable bonds is 56. The maximum absolute atomic E-state index is 12.7. The van der Waals surface area contributed by atoms with Crippen LogP contribution >= 0.6 is 7.82 Å². The van der Waals surface area contributed by atoms with Crippen LogP contribution in [0.4, 0.5) is 0 Å². The van der Waals surface area contributed by atoms with Crippen molar-refractivity contribution in [1.29, 1.82) is 0 Å². The lowest BCUT2D eigenvalue weighted by Crippen LogP contribution is -2.29. The van der Waals surface area contributed by atoms with Crippen molar-refractivity contribution in [3.8, 4) is 0 Å². The van der Waals surface area contributed by atoms with E-state index in [9.17, 15) is 19.0 Å². The fraction of sp³-hybridized carbons (Fsp3) is 0.642. The minimum absolute atomic E-state index is 0.0455. The Morgan fingerprint density at radius 2 is 0.675 bits per heavy atom. The lowest BCUT2D eigenvalue weighted by atomic mass is 10.0. The zero-order chi connectivity index (χ0) is 55.9. The molecule has 0 amide bonds. The van der Waals surface area contributed by atoms with Gasteiger partial charge in [-0.2, -0.15) is 0 Å². The van der Waals surface area contributed by atoms with E-state index in [1.165, 1.54) is 89.9 Å². The molecule has 10 heteroatoms. The molecule has 0 aliphatic heterocycles. The van der Waals surface area contributed by atoms with E-state index in [1.54, 1.807) is 0 Å². The molecule has 0 heterocycles. The molecule has 0 aromatic heterocycles. The molecule has 438 valence electrons. The Kier molecular flexibility index (Phi) is 58.3. The van der Waals surface area contributed by atoms with Gasteiger partial charge in [-0.15, -0.1) is 0 Å². The smallest absolute Gasteiger partial charge is 0.462 e. The Morgan fingerprint density at radius 1 is 0.390 bits per heavy atom. The second-order valence-corrected chi connectivity index (χ2v) is 21.3. The van der Waals surface area contributed by atoms with Crippen LogP contribution in [0.5, 0.6) is 0 Å². The normalized spacial score (nSPS) is 14.0. The molecule has 0 saturated carbocycles. The summed E-state index contributed by atoms with van der Waals surface area (Å²) in [5, 5.41) is 0. The van der Waals surface area contributed by atoms with Crippen LogP contribution in [0.2, 0.25) is 0 Å². The van der Waals surface area contributed by atoms with E-state index in [4.69, 9.17) is 24.3 Å². The molecule has 0 rings (SSSR count). The predicted octanol–water partition coefficient (Wildman–Crippen LogP) is 19.7. The summed E-state index contributed by atoms with van der Waals surface area (Å²) in [4.78, 5) is 35.3. The average Bonchev–Trinajstić information content (AvgIpc) is 3.42. The number of ether oxygens (including phenoxy) is 2. The first-order valence-electron chi connectivity index (χ1n) is 30.7. The third-order valence-corrected chi connectivity index (χ3v) is 13.5. The summed E-state index contributed by atoms with van der Waals surface area (Å²) in [6.07, 6.45) is 86.5. The van der Waals surface area contributed by atoms with Gasteiger partial charge in [0.2, 0.25) is 0 Å². The number of carbonyl (C=O) groups is 2. The van der Waals surface area contributed by atoms with Crippen molar-refractivity contribution in [2.24, 2.45) is 5.73 Å². The Hall–Kier alpha value is -3.85. The molecule has 0 saturated heterocycles. The van der Waals surface area contributed by atoms with Gasteiger partial charge in [0, 0.05) is 19.4 Å². The van der Waals surface area contributed by atoms with Gasteiger partial charge < -0.3 is 20.1 Å². The third kappa shape index (κ3) is 61.2. The quantitative estimate of drug-likeness (QED) is 0.0264. The average molecular weight is 1090 g/mol. The molecular formula is C67H112NO8P. The summed E-state index contributed by atoms with van der Waals surface area (Å²) in [5.74, 6) is -0.846. The fourth-order valence-corrected chi connectivity index (χ4v) is 8.84. The van der Waals surface area contributed by atoms with E-state index < -0.39 is 32.5 Å². The number of unbranched alkanes of at least 4 members (excludes halogenated alkanes) is 21. The summed E-state index contributed by atoms with van der Waals surface area (Å²) in [6, 6.07) is 0. The second kappa shape index (κ2) is 61.4. The van der Waals surface area contributed by atoms with Crippen molar-refractivity contribution in [2.75, 3.05) is 26.4 Å². The van der Waals surface area contributed by atoms with Crippen LogP contribution in [-0.2, 0) is 32.7 Å². The van der Waals surface area contributed by atoms with Gasteiger partial charge in [0.25, 0.3) is 0 Å². The molecule has 0 aliphatic carbocycles. The van der Waals surface area contributed by atoms with Crippen LogP contribution < -0.4 is 5.73 Å². The van der Waals surface area contributed by atoms with Crippen LogP contribution in [0.15, 0.2) is 134 Å². The van der Waals surface area contributed by atoms with Crippen LogP contribution in [0.25, 0.3) is 0 Å². The highest BCUT2D eigenvalue weighted by Crippen LogP contribution is 2.43. The minimum Gasteiger partial charge on any atom is -0.462 e. The van der Waals surface area contributed by atoms with Crippen molar-refractivity contribution in [1.82, 2.24) is 0 Å². The highest BCUT2D eigenvalue weighted by Gasteiger charge is 2.26. The lowest BCUT2D eigenvalue weighted by Gasteiger charge is -2.19. The maximum atomic E-state index is 12.7. The minimum atomic E-state index is -4.40. The number of phosphoric acid groups is 1. The summed E-state index contributed by atoms with van der Waals surface area (Å²) < 4.78 is 33.1. The van der Waals surface area contributed by atoms with E-state index in [0.717, 1.165) is 116 Å². The topological polar surface area (TPSA) is 134 Å². The predicted molar refractivity (Wildman–Crippen MR) is 330 cm³/mol. The molecule has 0 radical (unpaired) electrons. The van der Waals surface area contributed by atoms with Crippen LogP contribution in [-0.4, -0.2) is 49.3 Å². The van der Waals surface area contributed by atoms with E-state index in [1.807, 2.05) is 0 Å². The first kappa shape index (κ1) is 73.2. The zero-order valence-corrected chi connectivity index (χ0v) is 49.8. The van der Waals surface area contributed by atoms with E-state index >= 15 is 0 Å². The molecule has 3 N–H and O–H groups in total. The molecule has 0 aromatic rings. The number of hydrogen-bond acceptors (Lipinski definition) is 8. The standard InChI is InChI=1S/C67H112NO8P/c1-3-5-7-9-11-13-15-17-19-21-23-25-27-28-29-30-31-32-33-34-35-36-38-40-42-44-46-48-50-52-54-56-58-60-67(70)76-65(64-75-77(71,72)74-62-61-68)63-73-66(69)59-57-55-53-51-49-47-45-43-41-39-37-26-24-22-20-18-16-14-12-10-8-6-4-2/h5-8,11-14,17-20,23-26,28-29,31-32,39,41,65H,3-4,9-10,15-16,21-22,27,30,33-38,40,42-64,68H2,1-2H3,(H,71,72)/b7-5-,8-6-,13-11-,14-12-,19-17-,20-18-,25-23-,26-24-,29-28-,32-31-,41-39-. The molecular weight excluding hydrogens is 978 g/mol. The Bertz CT molecular complexity index is 1720. The molecule has 0 aliphatic rings. The summed E-state index contributed by atoms with van der Waals surface area (Å²) >= 11 is 0. The van der Waals surface area contributed by atoms with Crippen LogP contribution in [0.1, 0.15) is 245 Å². The maximum Gasteiger partial charge on any atom is 0.472 e. The van der Waals surface area contributed by atoms with Gasteiger partial charge in [-0.05, 0) is 109 Å². The molecule has 0 aromatic carbocycles. The van der Waals surface area contributed by atoms with Gasteiger partial charge in [-0.1, -0.05) is 257 Å². The number of hydrogen-bond donors (Lipinski definition) is 2. The molecule has 77 heavy (non-hydrogen) atoms. The highest BCUT2D eigenvalue weighted by atomic mass is 31.2. The third-order valence-electron chi connectivity index (χ3n) is 12.5. The van der Waals surface area contributed by atoms with Crippen LogP contribution in [0.3, 0.4) is 0 Å². The summed E-state index contributed by atoms with van der Waals surface area (Å²) in [7, 11) is -4.40. The van der Waals surface area contributed by atoms with Crippen molar-refractivity contribution in [3.05, 3.63) is 134 Å². The number of phosphoric ester groups is 1. The zero-order valence-electron chi connectivity index (χ0n) is 48.9. The van der Waals surface area contributed by atoms with E-state index in [2.05, 4.69) is 148 Å². The van der Waals surface area contributed by atoms with Gasteiger partial charge in [0.15, 0.2) is 6.10 Å². The number of allylic oxidation sites excluding steroid dienone is 22. The number of nitrogens with two attached hydrogens (primary N) is 1. The van der Waals surface area contributed by atoms with Crippen LogP contribution in [0, 0.1) is 0 Å². The summed E-state index contributed by atoms with van der Waals surface area (Å²) in [6.45, 7) is 3.50. The van der Waals surface area contributed by atoms with Crippen molar-refractivity contribution in [3.63, 3.8) is 0 Å². The fourth-order valence-electron chi connectivity index (χ4n) is 8.08. The van der Waals surface area contributed by atoms with E-state index in [-0.39, 0.29) is 32.6 Å². The largest absolute Gasteiger partial charge is 0.472 e. The molecule has 0 bridgehead atoms. The monoisotopic (exact) mass is 1090 g/mol. The van der Waals surface area contributed by atoms with E-state index in [0.29, 0.717) is 12.8 Å². The molecule has 2 atom stereocenters. The molecule has 9 nitrogen and oxygen atoms in total. The molecule has 2 unspecified atom stereocenters. The Morgan fingerprint density at radius 3 is 1.00 bits per heavy atom. The first-order valence-corrected chi connectivity index (χ1v) is 32.2. The van der Waals surface area contributed by atoms with Gasteiger partial charge in [0.1, 0.15) is 6.61 Å². The lowest BCUT2D eigenvalue weighted by molar-refractivity contribution is -0.161. The van der Waals surface area contributed by atoms with Crippen molar-refractivity contribution >= 4 is 19.8 Å². The Balaban J connectivity index is 3.98. The van der Waals surface area contributed by atoms with Gasteiger partial charge in [-0.3, -0.25) is 18.6 Å². The number of esters is 2. The van der Waals surface area contributed by atoms with Gasteiger partial charge in [-0.25, -0.2) is 4.57 Å². The summed E-state index contributed by atoms with van der Waals surface area (Å²) in [5.41, 5.74) is 5.39. The van der Waals surface area contributed by atoms with Gasteiger partial charge in [0.05, 0.1) is 13.2 Å². The molecule has 0 fully saturated rings. The highest BCUT2D eigenvalue weighted by molar-refractivity contribution is 7.47.